The maximum Gasteiger partial charge on any atom is 0.298 e. The molecule has 0 saturated carbocycles. The van der Waals surface area contributed by atoms with Crippen LogP contribution >= 0.6 is 0 Å². The molecule has 0 unspecified atom stereocenters. The smallest absolute Gasteiger partial charge is 0.298 e. The molecule has 60 heavy (non-hydrogen) atoms. The molecule has 0 atom stereocenters. The lowest BCUT2D eigenvalue weighted by atomic mass is 9.78. The number of fused-ring (bicyclic) bond motifs is 4. The molecule has 302 valence electrons. The van der Waals surface area contributed by atoms with Crippen molar-refractivity contribution in [3.63, 3.8) is 0 Å². The molecule has 0 radical (unpaired) electrons. The summed E-state index contributed by atoms with van der Waals surface area (Å²) in [6, 6.07) is 50.2. The van der Waals surface area contributed by atoms with Gasteiger partial charge in [0.15, 0.2) is 0 Å². The van der Waals surface area contributed by atoms with Crippen LogP contribution in [-0.2, 0) is 22.2 Å². The van der Waals surface area contributed by atoms with E-state index in [1.165, 1.54) is 11.1 Å². The minimum absolute atomic E-state index is 0.0330. The molecule has 0 saturated heterocycles. The number of alkyl halides is 2. The Kier molecular flexibility index (Phi) is 9.27. The van der Waals surface area contributed by atoms with Gasteiger partial charge >= 0.3 is 0 Å². The van der Waals surface area contributed by atoms with Crippen molar-refractivity contribution in [2.45, 2.75) is 77.6 Å². The first-order valence-corrected chi connectivity index (χ1v) is 20.9. The summed E-state index contributed by atoms with van der Waals surface area (Å²) < 4.78 is 37.2. The Bertz CT molecular complexity index is 2880. The monoisotopic (exact) mass is 794 g/mol. The first kappa shape index (κ1) is 39.2. The van der Waals surface area contributed by atoms with Gasteiger partial charge in [0.05, 0.1) is 22.4 Å². The topological polar surface area (TPSA) is 24.3 Å². The van der Waals surface area contributed by atoms with Crippen molar-refractivity contribution in [3.8, 4) is 5.82 Å². The number of nitrogens with zero attached hydrogens (tertiary/aromatic N) is 4. The molecule has 0 aliphatic carbocycles. The van der Waals surface area contributed by atoms with E-state index >= 15 is 8.78 Å². The van der Waals surface area contributed by atoms with Gasteiger partial charge in [-0.15, -0.1) is 0 Å². The second-order valence-electron chi connectivity index (χ2n) is 18.9. The Balaban J connectivity index is 1.15. The molecule has 9 rings (SSSR count). The summed E-state index contributed by atoms with van der Waals surface area (Å²) in [5.74, 6) is -2.64. The Hall–Kier alpha value is -6.27. The summed E-state index contributed by atoms with van der Waals surface area (Å²) in [4.78, 5) is 9.29. The van der Waals surface area contributed by atoms with E-state index in [2.05, 4.69) is 144 Å². The van der Waals surface area contributed by atoms with E-state index in [0.717, 1.165) is 50.2 Å². The third-order valence-electron chi connectivity index (χ3n) is 12.5. The van der Waals surface area contributed by atoms with Crippen molar-refractivity contribution in [2.75, 3.05) is 16.5 Å². The van der Waals surface area contributed by atoms with Gasteiger partial charge in [0.25, 0.3) is 5.92 Å². The first-order valence-electron chi connectivity index (χ1n) is 20.9. The first-order chi connectivity index (χ1) is 28.5. The largest absolute Gasteiger partial charge is 0.321 e. The lowest BCUT2D eigenvalue weighted by Crippen LogP contribution is -2.26. The molecule has 0 N–H and O–H groups in total. The molecule has 0 amide bonds. The molecule has 0 spiro atoms. The van der Waals surface area contributed by atoms with Crippen molar-refractivity contribution >= 4 is 44.6 Å². The number of rotatable bonds is 7. The SMILES string of the molecule is CC(C)(C)c1ccc(N2CN(c3cc(C(C)(C)C)cc(C(F)(F)c4ccc5c6ccccc6n(-c6cc(C(C)(C)c7ccccc7)ccn6)c5c4)c3)c3ccccc32)cc1. The zero-order valence-corrected chi connectivity index (χ0v) is 35.8. The standard InChI is InChI=1S/C54H52F2N4/c1-51(2,3)36-22-25-42(26-23-36)58-35-59(48-21-15-14-20-47(48)58)43-31-40(52(4,5)6)30-41(32-43)54(55,56)39-24-27-45-44-18-12-13-19-46(44)60(49(45)33-39)50-34-38(28-29-57-50)53(7,8)37-16-10-9-11-17-37/h9-34H,35H2,1-8H3. The maximum atomic E-state index is 17.6. The van der Waals surface area contributed by atoms with Gasteiger partial charge < -0.3 is 9.80 Å². The summed E-state index contributed by atoms with van der Waals surface area (Å²) >= 11 is 0. The van der Waals surface area contributed by atoms with Crippen LogP contribution in [0.15, 0.2) is 158 Å². The van der Waals surface area contributed by atoms with Crippen LogP contribution in [-0.4, -0.2) is 16.2 Å². The Morgan fingerprint density at radius 1 is 0.450 bits per heavy atom. The fraction of sp³-hybridized carbons (Fsp3) is 0.241. The van der Waals surface area contributed by atoms with Crippen LogP contribution in [0.4, 0.5) is 31.5 Å². The zero-order valence-electron chi connectivity index (χ0n) is 35.8. The number of anilines is 4. The highest BCUT2D eigenvalue weighted by molar-refractivity contribution is 6.09. The van der Waals surface area contributed by atoms with Gasteiger partial charge in [-0.25, -0.2) is 4.98 Å². The zero-order chi connectivity index (χ0) is 42.2. The van der Waals surface area contributed by atoms with Crippen LogP contribution in [0.1, 0.15) is 88.8 Å². The number of aromatic nitrogens is 2. The summed E-state index contributed by atoms with van der Waals surface area (Å²) in [7, 11) is 0. The molecule has 6 aromatic carbocycles. The Morgan fingerprint density at radius 2 is 1.03 bits per heavy atom. The van der Waals surface area contributed by atoms with Crippen molar-refractivity contribution in [2.24, 2.45) is 0 Å². The third-order valence-corrected chi connectivity index (χ3v) is 12.5. The highest BCUT2D eigenvalue weighted by atomic mass is 19.3. The van der Waals surface area contributed by atoms with Gasteiger partial charge in [-0.3, -0.25) is 4.57 Å². The van der Waals surface area contributed by atoms with Gasteiger partial charge in [-0.1, -0.05) is 140 Å². The van der Waals surface area contributed by atoms with E-state index in [4.69, 9.17) is 4.98 Å². The van der Waals surface area contributed by atoms with Crippen molar-refractivity contribution < 1.29 is 8.78 Å². The number of benzene rings is 6. The predicted molar refractivity (Wildman–Crippen MR) is 246 cm³/mol. The molecular weight excluding hydrogens is 743 g/mol. The lowest BCUT2D eigenvalue weighted by molar-refractivity contribution is 0.0428. The van der Waals surface area contributed by atoms with Gasteiger partial charge in [0, 0.05) is 44.9 Å². The van der Waals surface area contributed by atoms with Crippen molar-refractivity contribution in [3.05, 3.63) is 191 Å². The van der Waals surface area contributed by atoms with E-state index in [-0.39, 0.29) is 27.4 Å². The predicted octanol–water partition coefficient (Wildman–Crippen LogP) is 14.5. The second-order valence-corrected chi connectivity index (χ2v) is 18.9. The van der Waals surface area contributed by atoms with E-state index < -0.39 is 5.92 Å². The fourth-order valence-corrected chi connectivity index (χ4v) is 8.71. The van der Waals surface area contributed by atoms with Crippen LogP contribution < -0.4 is 9.80 Å². The van der Waals surface area contributed by atoms with Crippen molar-refractivity contribution in [1.82, 2.24) is 9.55 Å². The number of hydrogen-bond donors (Lipinski definition) is 0. The lowest BCUT2D eigenvalue weighted by Gasteiger charge is -2.28. The average Bonchev–Trinajstić information content (AvgIpc) is 3.79. The molecule has 6 heteroatoms. The van der Waals surface area contributed by atoms with Crippen LogP contribution in [0.5, 0.6) is 0 Å². The van der Waals surface area contributed by atoms with E-state index in [1.54, 1.807) is 24.3 Å². The molecule has 1 aliphatic rings. The van der Waals surface area contributed by atoms with Gasteiger partial charge in [-0.05, 0) is 99.8 Å². The highest BCUT2D eigenvalue weighted by Crippen LogP contribution is 2.48. The average molecular weight is 795 g/mol. The van der Waals surface area contributed by atoms with E-state index in [0.29, 0.717) is 18.0 Å². The summed E-state index contributed by atoms with van der Waals surface area (Å²) in [5, 5.41) is 1.88. The Morgan fingerprint density at radius 3 is 1.72 bits per heavy atom. The third kappa shape index (κ3) is 6.72. The van der Waals surface area contributed by atoms with Gasteiger partial charge in [-0.2, -0.15) is 8.78 Å². The molecule has 0 fully saturated rings. The van der Waals surface area contributed by atoms with E-state index in [9.17, 15) is 0 Å². The number of para-hydroxylation sites is 3. The minimum Gasteiger partial charge on any atom is -0.321 e. The Labute approximate surface area is 352 Å². The molecule has 3 heterocycles. The molecule has 2 aromatic heterocycles. The fourth-order valence-electron chi connectivity index (χ4n) is 8.71. The highest BCUT2D eigenvalue weighted by Gasteiger charge is 2.38. The van der Waals surface area contributed by atoms with Crippen molar-refractivity contribution in [1.29, 1.82) is 0 Å². The van der Waals surface area contributed by atoms with Gasteiger partial charge in [0.2, 0.25) is 0 Å². The summed E-state index contributed by atoms with van der Waals surface area (Å²) in [6.07, 6.45) is 1.83. The molecule has 4 nitrogen and oxygen atoms in total. The molecular formula is C54H52F2N4. The minimum atomic E-state index is -3.32. The number of halogens is 2. The summed E-state index contributed by atoms with van der Waals surface area (Å²) in [5.41, 5.74) is 9.01. The molecule has 1 aliphatic heterocycles. The van der Waals surface area contributed by atoms with E-state index in [1.807, 2.05) is 59.3 Å². The summed E-state index contributed by atoms with van der Waals surface area (Å²) in [6.45, 7) is 17.8. The van der Waals surface area contributed by atoms with Crippen LogP contribution in [0.25, 0.3) is 27.6 Å². The quantitative estimate of drug-likeness (QED) is 0.161. The second kappa shape index (κ2) is 14.2. The number of pyridine rings is 1. The normalized spacial score (nSPS) is 13.7. The van der Waals surface area contributed by atoms with Crippen LogP contribution in [0.3, 0.4) is 0 Å². The van der Waals surface area contributed by atoms with Crippen LogP contribution in [0.2, 0.25) is 0 Å². The maximum absolute atomic E-state index is 17.6. The van der Waals surface area contributed by atoms with Crippen LogP contribution in [0, 0.1) is 0 Å². The number of hydrogen-bond acceptors (Lipinski definition) is 3. The molecule has 0 bridgehead atoms. The van der Waals surface area contributed by atoms with Gasteiger partial charge in [0.1, 0.15) is 12.5 Å². The molecule has 8 aromatic rings.